The van der Waals surface area contributed by atoms with Crippen LogP contribution >= 0.6 is 0 Å². The first-order chi connectivity index (χ1) is 13.7. The van der Waals surface area contributed by atoms with Gasteiger partial charge in [-0.15, -0.1) is 0 Å². The average molecular weight is 419 g/mol. The fourth-order valence-electron chi connectivity index (χ4n) is 3.49. The summed E-state index contributed by atoms with van der Waals surface area (Å²) in [5, 5.41) is 2.67. The summed E-state index contributed by atoms with van der Waals surface area (Å²) in [7, 11) is 0.459. The maximum Gasteiger partial charge on any atom is 0.235 e. The molecular weight excluding hydrogens is 388 g/mol. The van der Waals surface area contributed by atoms with Gasteiger partial charge in [0.2, 0.25) is 10.0 Å². The minimum atomic E-state index is -3.37. The first-order valence-electron chi connectivity index (χ1n) is 9.79. The highest BCUT2D eigenvalue weighted by atomic mass is 32.2. The number of nitrogens with one attached hydrogen (secondary N) is 2. The monoisotopic (exact) mass is 418 g/mol. The molecule has 0 spiro atoms. The standard InChI is InChI=1S/C20H30N6O2S/c1-14(2)29(27,28)24-16-6-7-19(23-12-16)25(5)17-9-11-26(13-17)15(3)18-8-10-22-20(18)21-4/h6-8,10,12,14,17,24H,9,11,13H2,1-5H3,(H,21,22)/b18-15+/t17-/m1/s1. The fourth-order valence-corrected chi connectivity index (χ4v) is 4.18. The topological polar surface area (TPSA) is 89.9 Å². The lowest BCUT2D eigenvalue weighted by Gasteiger charge is -2.27. The molecule has 0 aromatic carbocycles. The molecule has 0 radical (unpaired) electrons. The van der Waals surface area contributed by atoms with E-state index in [2.05, 4.69) is 42.8 Å². The fraction of sp³-hybridized carbons (Fsp3) is 0.500. The van der Waals surface area contributed by atoms with Crippen molar-refractivity contribution in [2.24, 2.45) is 4.99 Å². The van der Waals surface area contributed by atoms with Gasteiger partial charge in [-0.3, -0.25) is 9.71 Å². The van der Waals surface area contributed by atoms with Crippen molar-refractivity contribution in [3.63, 3.8) is 0 Å². The van der Waals surface area contributed by atoms with E-state index >= 15 is 0 Å². The molecule has 1 aromatic rings. The second kappa shape index (κ2) is 8.44. The predicted octanol–water partition coefficient (Wildman–Crippen LogP) is 2.16. The van der Waals surface area contributed by atoms with Gasteiger partial charge in [0.25, 0.3) is 0 Å². The van der Waals surface area contributed by atoms with Gasteiger partial charge in [0.15, 0.2) is 0 Å². The first-order valence-corrected chi connectivity index (χ1v) is 11.3. The number of allylic oxidation sites excluding steroid dienone is 1. The van der Waals surface area contributed by atoms with Crippen LogP contribution in [0.3, 0.4) is 0 Å². The van der Waals surface area contributed by atoms with Gasteiger partial charge in [0, 0.05) is 50.7 Å². The molecular formula is C20H30N6O2S. The second-order valence-electron chi connectivity index (χ2n) is 7.65. The molecule has 1 atom stereocenters. The summed E-state index contributed by atoms with van der Waals surface area (Å²) in [4.78, 5) is 13.3. The van der Waals surface area contributed by atoms with Crippen molar-refractivity contribution in [3.05, 3.63) is 41.9 Å². The minimum absolute atomic E-state index is 0.330. The average Bonchev–Trinajstić information content (AvgIpc) is 3.36. The summed E-state index contributed by atoms with van der Waals surface area (Å²) in [5.41, 5.74) is 2.83. The molecule has 158 valence electrons. The van der Waals surface area contributed by atoms with Gasteiger partial charge in [0.1, 0.15) is 11.7 Å². The highest BCUT2D eigenvalue weighted by Crippen LogP contribution is 2.26. The SMILES string of the molecule is CN=C1NC=C/C1=C(/C)N1CC[C@@H](N(C)c2ccc(NS(=O)(=O)C(C)C)cn2)C1. The number of rotatable bonds is 6. The van der Waals surface area contributed by atoms with E-state index in [0.29, 0.717) is 11.7 Å². The normalized spacial score (nSPS) is 22.3. The number of anilines is 2. The number of likely N-dealkylation sites (N-methyl/N-ethyl adjacent to an activating group) is 1. The van der Waals surface area contributed by atoms with Crippen LogP contribution in [0.5, 0.6) is 0 Å². The Morgan fingerprint density at radius 2 is 2.17 bits per heavy atom. The third-order valence-corrected chi connectivity index (χ3v) is 7.28. The van der Waals surface area contributed by atoms with E-state index in [0.717, 1.165) is 36.7 Å². The van der Waals surface area contributed by atoms with Crippen LogP contribution in [0.25, 0.3) is 0 Å². The molecule has 29 heavy (non-hydrogen) atoms. The van der Waals surface area contributed by atoms with Crippen LogP contribution in [0.15, 0.2) is 46.9 Å². The molecule has 8 nitrogen and oxygen atoms in total. The number of amidine groups is 1. The number of sulfonamides is 1. The highest BCUT2D eigenvalue weighted by molar-refractivity contribution is 7.93. The van der Waals surface area contributed by atoms with Crippen molar-refractivity contribution in [3.8, 4) is 0 Å². The van der Waals surface area contributed by atoms with Crippen LogP contribution in [-0.2, 0) is 10.0 Å². The summed E-state index contributed by atoms with van der Waals surface area (Å²) in [6, 6.07) is 3.95. The Morgan fingerprint density at radius 1 is 1.41 bits per heavy atom. The molecule has 1 fully saturated rings. The van der Waals surface area contributed by atoms with Gasteiger partial charge >= 0.3 is 0 Å². The van der Waals surface area contributed by atoms with E-state index in [-0.39, 0.29) is 0 Å². The quantitative estimate of drug-likeness (QED) is 0.736. The van der Waals surface area contributed by atoms with E-state index < -0.39 is 15.3 Å². The van der Waals surface area contributed by atoms with Gasteiger partial charge in [-0.05, 0) is 45.4 Å². The lowest BCUT2D eigenvalue weighted by atomic mass is 10.2. The summed E-state index contributed by atoms with van der Waals surface area (Å²) in [6.45, 7) is 7.30. The van der Waals surface area contributed by atoms with Gasteiger partial charge in [-0.25, -0.2) is 13.4 Å². The van der Waals surface area contributed by atoms with Gasteiger partial charge in [-0.2, -0.15) is 0 Å². The molecule has 2 aliphatic rings. The summed E-state index contributed by atoms with van der Waals surface area (Å²) >= 11 is 0. The zero-order valence-electron chi connectivity index (χ0n) is 17.7. The number of hydrogen-bond donors (Lipinski definition) is 2. The third-order valence-electron chi connectivity index (χ3n) is 5.51. The Balaban J connectivity index is 1.67. The Hall–Kier alpha value is -2.55. The molecule has 3 rings (SSSR count). The number of hydrogen-bond acceptors (Lipinski definition) is 6. The van der Waals surface area contributed by atoms with Crippen LogP contribution in [0.1, 0.15) is 27.2 Å². The highest BCUT2D eigenvalue weighted by Gasteiger charge is 2.28. The van der Waals surface area contributed by atoms with Crippen molar-refractivity contribution in [2.45, 2.75) is 38.5 Å². The third kappa shape index (κ3) is 4.55. The Labute approximate surface area is 173 Å². The zero-order chi connectivity index (χ0) is 21.2. The Morgan fingerprint density at radius 3 is 2.79 bits per heavy atom. The van der Waals surface area contributed by atoms with Crippen LogP contribution in [0, 0.1) is 0 Å². The molecule has 2 N–H and O–H groups in total. The minimum Gasteiger partial charge on any atom is -0.372 e. The predicted molar refractivity (Wildman–Crippen MR) is 119 cm³/mol. The second-order valence-corrected chi connectivity index (χ2v) is 9.89. The lowest BCUT2D eigenvalue weighted by molar-refractivity contribution is 0.417. The van der Waals surface area contributed by atoms with Crippen molar-refractivity contribution in [1.29, 1.82) is 0 Å². The van der Waals surface area contributed by atoms with Crippen molar-refractivity contribution in [2.75, 3.05) is 36.8 Å². The van der Waals surface area contributed by atoms with E-state index in [4.69, 9.17) is 0 Å². The smallest absolute Gasteiger partial charge is 0.235 e. The number of aliphatic imine (C=N–C) groups is 1. The molecule has 0 unspecified atom stereocenters. The molecule has 0 bridgehead atoms. The van der Waals surface area contributed by atoms with E-state index in [1.54, 1.807) is 33.2 Å². The maximum atomic E-state index is 12.0. The molecule has 0 amide bonds. The molecule has 0 aliphatic carbocycles. The molecule has 1 saturated heterocycles. The molecule has 9 heteroatoms. The van der Waals surface area contributed by atoms with Crippen LogP contribution in [0.2, 0.25) is 0 Å². The number of aromatic nitrogens is 1. The largest absolute Gasteiger partial charge is 0.372 e. The molecule has 0 saturated carbocycles. The van der Waals surface area contributed by atoms with Crippen LogP contribution in [-0.4, -0.2) is 62.6 Å². The van der Waals surface area contributed by atoms with E-state index in [1.807, 2.05) is 19.3 Å². The molecule has 1 aromatic heterocycles. The molecule has 3 heterocycles. The summed E-state index contributed by atoms with van der Waals surface area (Å²) in [6.07, 6.45) is 6.58. The van der Waals surface area contributed by atoms with Crippen molar-refractivity contribution >= 4 is 27.4 Å². The number of likely N-dealkylation sites (tertiary alicyclic amines) is 1. The van der Waals surface area contributed by atoms with Crippen molar-refractivity contribution in [1.82, 2.24) is 15.2 Å². The zero-order valence-corrected chi connectivity index (χ0v) is 18.5. The summed E-state index contributed by atoms with van der Waals surface area (Å²) < 4.78 is 26.6. The lowest BCUT2D eigenvalue weighted by Crippen LogP contribution is -2.35. The molecule has 2 aliphatic heterocycles. The van der Waals surface area contributed by atoms with Crippen molar-refractivity contribution < 1.29 is 8.42 Å². The maximum absolute atomic E-state index is 12.0. The summed E-state index contributed by atoms with van der Waals surface area (Å²) in [5.74, 6) is 1.73. The number of nitrogens with zero attached hydrogens (tertiary/aromatic N) is 4. The van der Waals surface area contributed by atoms with E-state index in [9.17, 15) is 8.42 Å². The van der Waals surface area contributed by atoms with Gasteiger partial charge < -0.3 is 15.1 Å². The Bertz CT molecular complexity index is 934. The first kappa shape index (κ1) is 21.2. The van der Waals surface area contributed by atoms with Crippen LogP contribution < -0.4 is 14.9 Å². The van der Waals surface area contributed by atoms with Gasteiger partial charge in [0.05, 0.1) is 17.1 Å². The van der Waals surface area contributed by atoms with Gasteiger partial charge in [-0.1, -0.05) is 0 Å². The number of pyridine rings is 1. The van der Waals surface area contributed by atoms with Crippen LogP contribution in [0.4, 0.5) is 11.5 Å². The Kier molecular flexibility index (Phi) is 6.16. The van der Waals surface area contributed by atoms with E-state index in [1.165, 1.54) is 5.70 Å².